The predicted octanol–water partition coefficient (Wildman–Crippen LogP) is 2.49. The molecule has 1 fully saturated rings. The Balaban J connectivity index is 1.82. The number of hydrogen-bond acceptors (Lipinski definition) is 5. The van der Waals surface area contributed by atoms with Crippen molar-refractivity contribution < 1.29 is 14.2 Å². The van der Waals surface area contributed by atoms with Gasteiger partial charge < -0.3 is 23.8 Å². The molecule has 1 aromatic carbocycles. The van der Waals surface area contributed by atoms with Gasteiger partial charge in [-0.15, -0.1) is 0 Å². The lowest BCUT2D eigenvalue weighted by atomic mass is 10.1. The second-order valence-electron chi connectivity index (χ2n) is 5.72. The van der Waals surface area contributed by atoms with Crippen molar-refractivity contribution in [1.82, 2.24) is 14.5 Å². The first kappa shape index (κ1) is 16.1. The third-order valence-corrected chi connectivity index (χ3v) is 4.59. The van der Waals surface area contributed by atoms with E-state index in [0.717, 1.165) is 22.4 Å². The summed E-state index contributed by atoms with van der Waals surface area (Å²) in [5, 5.41) is 0. The van der Waals surface area contributed by atoms with Gasteiger partial charge in [-0.05, 0) is 36.0 Å². The normalized spacial score (nSPS) is 15.1. The quantitative estimate of drug-likeness (QED) is 0.700. The molecule has 0 radical (unpaired) electrons. The number of rotatable bonds is 4. The molecule has 2 aromatic heterocycles. The van der Waals surface area contributed by atoms with Crippen LogP contribution < -0.4 is 10.3 Å². The Kier molecular flexibility index (Phi) is 4.16. The van der Waals surface area contributed by atoms with E-state index in [0.29, 0.717) is 30.0 Å². The summed E-state index contributed by atoms with van der Waals surface area (Å²) in [5.74, 6) is 0.731. The average Bonchev–Trinajstić information content (AvgIpc) is 3.30. The van der Waals surface area contributed by atoms with E-state index in [1.54, 1.807) is 13.3 Å². The summed E-state index contributed by atoms with van der Waals surface area (Å²) in [6.45, 7) is 1.59. The zero-order valence-corrected chi connectivity index (χ0v) is 14.4. The van der Waals surface area contributed by atoms with Crippen LogP contribution in [0.4, 0.5) is 0 Å². The van der Waals surface area contributed by atoms with Gasteiger partial charge in [0, 0.05) is 11.8 Å². The minimum Gasteiger partial charge on any atom is -0.497 e. The fourth-order valence-corrected chi connectivity index (χ4v) is 3.29. The van der Waals surface area contributed by atoms with Crippen molar-refractivity contribution in [3.63, 3.8) is 0 Å². The van der Waals surface area contributed by atoms with E-state index < -0.39 is 6.29 Å². The summed E-state index contributed by atoms with van der Waals surface area (Å²) in [6, 6.07) is 7.60. The molecule has 8 heteroatoms. The predicted molar refractivity (Wildman–Crippen MR) is 94.5 cm³/mol. The van der Waals surface area contributed by atoms with Gasteiger partial charge in [-0.3, -0.25) is 9.78 Å². The van der Waals surface area contributed by atoms with Gasteiger partial charge >= 0.3 is 0 Å². The summed E-state index contributed by atoms with van der Waals surface area (Å²) < 4.78 is 18.9. The van der Waals surface area contributed by atoms with Gasteiger partial charge in [0.2, 0.25) is 0 Å². The Labute approximate surface area is 148 Å². The van der Waals surface area contributed by atoms with Crippen LogP contribution in [0, 0.1) is 4.77 Å². The maximum Gasteiger partial charge on any atom is 0.276 e. The lowest BCUT2D eigenvalue weighted by Gasteiger charge is -2.17. The van der Waals surface area contributed by atoms with Gasteiger partial charge in [-0.25, -0.2) is 0 Å². The molecule has 0 atom stereocenters. The molecule has 1 aliphatic rings. The van der Waals surface area contributed by atoms with Crippen LogP contribution in [0.15, 0.2) is 35.3 Å². The Hall–Kier alpha value is -2.42. The Bertz CT molecular complexity index is 1030. The number of methoxy groups -OCH3 is 1. The van der Waals surface area contributed by atoms with Crippen LogP contribution in [-0.4, -0.2) is 34.9 Å². The number of aromatic amines is 2. The number of fused-ring (bicyclic) bond motifs is 1. The molecule has 0 spiro atoms. The highest BCUT2D eigenvalue weighted by Crippen LogP contribution is 2.30. The summed E-state index contributed by atoms with van der Waals surface area (Å²) in [5.41, 5.74) is 2.91. The monoisotopic (exact) mass is 359 g/mol. The standard InChI is InChI=1S/C17H17N3O4S/c1-22-11-3-2-10(12(8-11)16-23-6-7-24-16)9-20-13-4-5-18-14(13)15(21)19-17(20)25/h2-5,8,16,18H,6-7,9H2,1H3,(H,19,21,25). The molecule has 3 heterocycles. The molecule has 2 N–H and O–H groups in total. The van der Waals surface area contributed by atoms with Gasteiger partial charge in [0.05, 0.1) is 32.4 Å². The largest absolute Gasteiger partial charge is 0.497 e. The molecule has 1 saturated heterocycles. The highest BCUT2D eigenvalue weighted by molar-refractivity contribution is 7.71. The molecule has 130 valence electrons. The van der Waals surface area contributed by atoms with Crippen molar-refractivity contribution in [3.05, 3.63) is 56.7 Å². The Morgan fingerprint density at radius 2 is 2.12 bits per heavy atom. The van der Waals surface area contributed by atoms with Crippen LogP contribution in [0.2, 0.25) is 0 Å². The third-order valence-electron chi connectivity index (χ3n) is 4.27. The van der Waals surface area contributed by atoms with Crippen molar-refractivity contribution in [3.8, 4) is 5.75 Å². The molecule has 7 nitrogen and oxygen atoms in total. The van der Waals surface area contributed by atoms with Crippen molar-refractivity contribution in [1.29, 1.82) is 0 Å². The Morgan fingerprint density at radius 3 is 2.88 bits per heavy atom. The second-order valence-corrected chi connectivity index (χ2v) is 6.11. The topological polar surface area (TPSA) is 81.3 Å². The van der Waals surface area contributed by atoms with E-state index in [1.807, 2.05) is 28.8 Å². The van der Waals surface area contributed by atoms with Crippen LogP contribution in [0.5, 0.6) is 5.75 Å². The first-order valence-electron chi connectivity index (χ1n) is 7.87. The number of benzene rings is 1. The molecular weight excluding hydrogens is 342 g/mol. The van der Waals surface area contributed by atoms with Crippen molar-refractivity contribution in [2.75, 3.05) is 20.3 Å². The number of aromatic nitrogens is 3. The number of hydrogen-bond donors (Lipinski definition) is 2. The van der Waals surface area contributed by atoms with E-state index >= 15 is 0 Å². The average molecular weight is 359 g/mol. The SMILES string of the molecule is COc1ccc(Cn2c(=S)[nH]c(=O)c3[nH]ccc32)c(C2OCCO2)c1. The number of ether oxygens (including phenoxy) is 3. The highest BCUT2D eigenvalue weighted by Gasteiger charge is 2.22. The number of H-pyrrole nitrogens is 2. The second kappa shape index (κ2) is 6.47. The fraction of sp³-hybridized carbons (Fsp3) is 0.294. The van der Waals surface area contributed by atoms with Crippen LogP contribution in [-0.2, 0) is 16.0 Å². The maximum atomic E-state index is 12.0. The van der Waals surface area contributed by atoms with E-state index in [4.69, 9.17) is 26.4 Å². The van der Waals surface area contributed by atoms with E-state index in [1.165, 1.54) is 0 Å². The Morgan fingerprint density at radius 1 is 1.32 bits per heavy atom. The third kappa shape index (κ3) is 2.88. The molecule has 0 amide bonds. The number of nitrogens with zero attached hydrogens (tertiary/aromatic N) is 1. The zero-order valence-electron chi connectivity index (χ0n) is 13.6. The molecule has 1 aliphatic heterocycles. The van der Waals surface area contributed by atoms with Gasteiger partial charge in [-0.2, -0.15) is 0 Å². The highest BCUT2D eigenvalue weighted by atomic mass is 32.1. The van der Waals surface area contributed by atoms with Crippen LogP contribution >= 0.6 is 12.2 Å². The lowest BCUT2D eigenvalue weighted by Crippen LogP contribution is -2.16. The van der Waals surface area contributed by atoms with Gasteiger partial charge in [0.1, 0.15) is 11.3 Å². The van der Waals surface area contributed by atoms with Crippen molar-refractivity contribution in [2.24, 2.45) is 0 Å². The molecule has 4 rings (SSSR count). The molecule has 25 heavy (non-hydrogen) atoms. The zero-order chi connectivity index (χ0) is 17.4. The summed E-state index contributed by atoms with van der Waals surface area (Å²) >= 11 is 5.37. The maximum absolute atomic E-state index is 12.0. The molecule has 0 unspecified atom stereocenters. The fourth-order valence-electron chi connectivity index (χ4n) is 3.03. The lowest BCUT2D eigenvalue weighted by molar-refractivity contribution is -0.0448. The minimum atomic E-state index is -0.427. The number of nitrogens with one attached hydrogen (secondary N) is 2. The van der Waals surface area contributed by atoms with E-state index in [2.05, 4.69) is 9.97 Å². The summed E-state index contributed by atoms with van der Waals surface area (Å²) in [6.07, 6.45) is 1.30. The first-order chi connectivity index (χ1) is 12.2. The molecular formula is C17H17N3O4S. The first-order valence-corrected chi connectivity index (χ1v) is 8.28. The van der Waals surface area contributed by atoms with Crippen molar-refractivity contribution in [2.45, 2.75) is 12.8 Å². The van der Waals surface area contributed by atoms with E-state index in [9.17, 15) is 4.79 Å². The summed E-state index contributed by atoms with van der Waals surface area (Å²) in [4.78, 5) is 17.7. The van der Waals surface area contributed by atoms with Gasteiger partial charge in [0.25, 0.3) is 5.56 Å². The van der Waals surface area contributed by atoms with Crippen LogP contribution in [0.3, 0.4) is 0 Å². The van der Waals surface area contributed by atoms with E-state index in [-0.39, 0.29) is 5.56 Å². The van der Waals surface area contributed by atoms with Crippen LogP contribution in [0.1, 0.15) is 17.4 Å². The molecule has 0 aliphatic carbocycles. The van der Waals surface area contributed by atoms with Gasteiger partial charge in [0.15, 0.2) is 11.1 Å². The minimum absolute atomic E-state index is 0.223. The van der Waals surface area contributed by atoms with Gasteiger partial charge in [-0.1, -0.05) is 6.07 Å². The molecule has 3 aromatic rings. The smallest absolute Gasteiger partial charge is 0.276 e. The molecule has 0 bridgehead atoms. The molecule has 0 saturated carbocycles. The summed E-state index contributed by atoms with van der Waals surface area (Å²) in [7, 11) is 1.62. The van der Waals surface area contributed by atoms with Crippen LogP contribution in [0.25, 0.3) is 11.0 Å². The van der Waals surface area contributed by atoms with Crippen molar-refractivity contribution >= 4 is 23.3 Å².